The second-order valence-corrected chi connectivity index (χ2v) is 7.42. The number of aryl methyl sites for hydroxylation is 1. The van der Waals surface area contributed by atoms with Crippen LogP contribution in [0.2, 0.25) is 0 Å². The number of likely N-dealkylation sites (tertiary alicyclic amines) is 1. The lowest BCUT2D eigenvalue weighted by molar-refractivity contribution is -0.135. The van der Waals surface area contributed by atoms with Crippen LogP contribution in [0.25, 0.3) is 0 Å². The van der Waals surface area contributed by atoms with E-state index in [4.69, 9.17) is 4.74 Å². The third kappa shape index (κ3) is 5.36. The minimum atomic E-state index is -0.363. The molecule has 1 saturated heterocycles. The lowest BCUT2D eigenvalue weighted by atomic mass is 9.96. The van der Waals surface area contributed by atoms with Crippen LogP contribution in [0.5, 0.6) is 0 Å². The lowest BCUT2D eigenvalue weighted by Crippen LogP contribution is -2.45. The van der Waals surface area contributed by atoms with E-state index in [1.807, 2.05) is 25.7 Å². The largest absolute Gasteiger partial charge is 0.461 e. The van der Waals surface area contributed by atoms with E-state index >= 15 is 0 Å². The maximum atomic E-state index is 12.7. The quantitative estimate of drug-likeness (QED) is 0.666. The van der Waals surface area contributed by atoms with Crippen LogP contribution in [-0.4, -0.2) is 53.9 Å². The Morgan fingerprint density at radius 2 is 2.00 bits per heavy atom. The highest BCUT2D eigenvalue weighted by Crippen LogP contribution is 2.22. The summed E-state index contributed by atoms with van der Waals surface area (Å²) in [5.74, 6) is -0.366. The van der Waals surface area contributed by atoms with Gasteiger partial charge in [-0.05, 0) is 57.6 Å². The van der Waals surface area contributed by atoms with Crippen molar-refractivity contribution in [3.8, 4) is 0 Å². The molecule has 2 heterocycles. The van der Waals surface area contributed by atoms with Crippen molar-refractivity contribution >= 4 is 17.8 Å². The second-order valence-electron chi connectivity index (χ2n) is 7.42. The molecule has 0 spiro atoms. The summed E-state index contributed by atoms with van der Waals surface area (Å²) >= 11 is 0. The SMILES string of the molecule is CCCNC(=O)[C@H]1CCCN(C(=O)CCc2c(C)[nH]c(C(=O)OCC)c2C)C1. The molecule has 1 aliphatic heterocycles. The standard InChI is InChI=1S/C21H33N3O4/c1-5-11-22-20(26)16-8-7-12-24(13-16)18(25)10-9-17-14(3)19(23-15(17)4)21(27)28-6-2/h16,23H,5-13H2,1-4H3,(H,22,26)/t16-/m0/s1. The predicted molar refractivity (Wildman–Crippen MR) is 107 cm³/mol. The van der Waals surface area contributed by atoms with Crippen molar-refractivity contribution in [2.75, 3.05) is 26.2 Å². The summed E-state index contributed by atoms with van der Waals surface area (Å²) in [4.78, 5) is 41.9. The maximum absolute atomic E-state index is 12.7. The van der Waals surface area contributed by atoms with E-state index < -0.39 is 0 Å². The van der Waals surface area contributed by atoms with Gasteiger partial charge in [-0.15, -0.1) is 0 Å². The fourth-order valence-electron chi connectivity index (χ4n) is 3.77. The summed E-state index contributed by atoms with van der Waals surface area (Å²) < 4.78 is 5.08. The molecule has 2 rings (SSSR count). The predicted octanol–water partition coefficient (Wildman–Crippen LogP) is 2.51. The molecule has 1 aromatic rings. The molecule has 2 amide bonds. The first-order valence-corrected chi connectivity index (χ1v) is 10.3. The van der Waals surface area contributed by atoms with Crippen molar-refractivity contribution in [2.45, 2.75) is 59.8 Å². The van der Waals surface area contributed by atoms with Crippen molar-refractivity contribution in [3.63, 3.8) is 0 Å². The summed E-state index contributed by atoms with van der Waals surface area (Å²) in [6.07, 6.45) is 3.52. The number of aromatic nitrogens is 1. The van der Waals surface area contributed by atoms with Gasteiger partial charge in [0.15, 0.2) is 0 Å². The Labute approximate surface area is 167 Å². The van der Waals surface area contributed by atoms with Gasteiger partial charge < -0.3 is 19.9 Å². The zero-order valence-electron chi connectivity index (χ0n) is 17.5. The van der Waals surface area contributed by atoms with Crippen molar-refractivity contribution < 1.29 is 19.1 Å². The summed E-state index contributed by atoms with van der Waals surface area (Å²) in [7, 11) is 0. The number of nitrogens with zero attached hydrogens (tertiary/aromatic N) is 1. The number of rotatable bonds is 8. The topological polar surface area (TPSA) is 91.5 Å². The van der Waals surface area contributed by atoms with E-state index in [9.17, 15) is 14.4 Å². The summed E-state index contributed by atoms with van der Waals surface area (Å²) in [6, 6.07) is 0. The molecule has 0 aromatic carbocycles. The fourth-order valence-corrected chi connectivity index (χ4v) is 3.77. The maximum Gasteiger partial charge on any atom is 0.355 e. The number of nitrogens with one attached hydrogen (secondary N) is 2. The number of ether oxygens (including phenoxy) is 1. The smallest absolute Gasteiger partial charge is 0.355 e. The first-order valence-electron chi connectivity index (χ1n) is 10.3. The van der Waals surface area contributed by atoms with E-state index in [1.165, 1.54) is 0 Å². The summed E-state index contributed by atoms with van der Waals surface area (Å²) in [5.41, 5.74) is 3.20. The number of H-pyrrole nitrogens is 1. The average Bonchev–Trinajstić information content (AvgIpc) is 2.98. The Balaban J connectivity index is 1.95. The molecule has 28 heavy (non-hydrogen) atoms. The van der Waals surface area contributed by atoms with Gasteiger partial charge in [0.1, 0.15) is 5.69 Å². The van der Waals surface area contributed by atoms with Gasteiger partial charge in [-0.2, -0.15) is 0 Å². The number of carbonyl (C=O) groups is 3. The molecule has 7 heteroatoms. The van der Waals surface area contributed by atoms with Crippen LogP contribution in [-0.2, 0) is 20.7 Å². The summed E-state index contributed by atoms with van der Waals surface area (Å²) in [5, 5.41) is 2.93. The molecule has 0 bridgehead atoms. The van der Waals surface area contributed by atoms with Crippen LogP contribution in [0.1, 0.15) is 66.8 Å². The third-order valence-electron chi connectivity index (χ3n) is 5.36. The van der Waals surface area contributed by atoms with E-state index in [1.54, 1.807) is 6.92 Å². The van der Waals surface area contributed by atoms with Crippen molar-refractivity contribution in [1.82, 2.24) is 15.2 Å². The molecular weight excluding hydrogens is 358 g/mol. The van der Waals surface area contributed by atoms with Gasteiger partial charge in [0, 0.05) is 31.7 Å². The molecule has 1 fully saturated rings. The highest BCUT2D eigenvalue weighted by molar-refractivity contribution is 5.90. The van der Waals surface area contributed by atoms with Crippen molar-refractivity contribution in [3.05, 3.63) is 22.5 Å². The lowest BCUT2D eigenvalue weighted by Gasteiger charge is -2.32. The van der Waals surface area contributed by atoms with Gasteiger partial charge in [-0.25, -0.2) is 4.79 Å². The van der Waals surface area contributed by atoms with E-state index in [0.717, 1.165) is 36.1 Å². The zero-order chi connectivity index (χ0) is 20.7. The van der Waals surface area contributed by atoms with E-state index in [-0.39, 0.29) is 23.7 Å². The first kappa shape index (κ1) is 22.0. The Morgan fingerprint density at radius 1 is 1.25 bits per heavy atom. The van der Waals surface area contributed by atoms with Crippen molar-refractivity contribution in [2.24, 2.45) is 5.92 Å². The molecule has 0 radical (unpaired) electrons. The van der Waals surface area contributed by atoms with E-state index in [0.29, 0.717) is 44.8 Å². The fraction of sp³-hybridized carbons (Fsp3) is 0.667. The van der Waals surface area contributed by atoms with Gasteiger partial charge in [-0.3, -0.25) is 9.59 Å². The molecule has 1 aliphatic rings. The molecule has 1 atom stereocenters. The molecule has 2 N–H and O–H groups in total. The normalized spacial score (nSPS) is 16.7. The first-order chi connectivity index (χ1) is 13.4. The zero-order valence-corrected chi connectivity index (χ0v) is 17.5. The number of hydrogen-bond donors (Lipinski definition) is 2. The van der Waals surface area contributed by atoms with Crippen LogP contribution in [0.4, 0.5) is 0 Å². The van der Waals surface area contributed by atoms with Crippen LogP contribution in [0, 0.1) is 19.8 Å². The highest BCUT2D eigenvalue weighted by Gasteiger charge is 2.28. The molecule has 0 aliphatic carbocycles. The number of aromatic amines is 1. The third-order valence-corrected chi connectivity index (χ3v) is 5.36. The van der Waals surface area contributed by atoms with Crippen molar-refractivity contribution in [1.29, 1.82) is 0 Å². The average molecular weight is 392 g/mol. The Morgan fingerprint density at radius 3 is 2.68 bits per heavy atom. The van der Waals surface area contributed by atoms with Crippen LogP contribution >= 0.6 is 0 Å². The Bertz CT molecular complexity index is 711. The molecule has 1 aromatic heterocycles. The number of carbonyl (C=O) groups excluding carboxylic acids is 3. The van der Waals surface area contributed by atoms with Gasteiger partial charge in [0.2, 0.25) is 11.8 Å². The van der Waals surface area contributed by atoms with Crippen LogP contribution in [0.15, 0.2) is 0 Å². The molecule has 0 saturated carbocycles. The second kappa shape index (κ2) is 10.3. The van der Waals surface area contributed by atoms with E-state index in [2.05, 4.69) is 10.3 Å². The minimum Gasteiger partial charge on any atom is -0.461 e. The highest BCUT2D eigenvalue weighted by atomic mass is 16.5. The minimum absolute atomic E-state index is 0.0516. The Hall–Kier alpha value is -2.31. The monoisotopic (exact) mass is 391 g/mol. The molecular formula is C21H33N3O4. The number of piperidine rings is 1. The Kier molecular flexibility index (Phi) is 8.08. The van der Waals surface area contributed by atoms with Crippen LogP contribution in [0.3, 0.4) is 0 Å². The van der Waals surface area contributed by atoms with Gasteiger partial charge in [0.05, 0.1) is 12.5 Å². The van der Waals surface area contributed by atoms with Crippen LogP contribution < -0.4 is 5.32 Å². The van der Waals surface area contributed by atoms with Gasteiger partial charge in [0.25, 0.3) is 0 Å². The molecule has 156 valence electrons. The summed E-state index contributed by atoms with van der Waals surface area (Å²) in [6.45, 7) is 9.79. The number of amides is 2. The van der Waals surface area contributed by atoms with Gasteiger partial charge in [-0.1, -0.05) is 6.92 Å². The number of hydrogen-bond acceptors (Lipinski definition) is 4. The number of esters is 1. The van der Waals surface area contributed by atoms with Gasteiger partial charge >= 0.3 is 5.97 Å². The molecule has 0 unspecified atom stereocenters. The molecule has 7 nitrogen and oxygen atoms in total.